The molecule has 0 spiro atoms. The van der Waals surface area contributed by atoms with E-state index in [0.29, 0.717) is 3.97 Å². The number of hydrogen-bond donors (Lipinski definition) is 2. The fourth-order valence-corrected chi connectivity index (χ4v) is 3.98. The van der Waals surface area contributed by atoms with Gasteiger partial charge in [-0.25, -0.2) is 26.2 Å². The van der Waals surface area contributed by atoms with E-state index in [-0.39, 0.29) is 10.6 Å². The van der Waals surface area contributed by atoms with Gasteiger partial charge in [-0.3, -0.25) is 0 Å². The van der Waals surface area contributed by atoms with Gasteiger partial charge in [-0.1, -0.05) is 17.7 Å². The molecule has 3 rings (SSSR count). The molecule has 0 saturated carbocycles. The molecule has 0 fully saturated rings. The molecule has 0 bridgehead atoms. The summed E-state index contributed by atoms with van der Waals surface area (Å²) in [5.74, 6) is -2.53. The highest BCUT2D eigenvalue weighted by atomic mass is 32.2. The van der Waals surface area contributed by atoms with Crippen molar-refractivity contribution >= 4 is 21.1 Å². The van der Waals surface area contributed by atoms with Crippen molar-refractivity contribution in [3.63, 3.8) is 0 Å². The van der Waals surface area contributed by atoms with E-state index in [1.54, 1.807) is 19.1 Å². The van der Waals surface area contributed by atoms with Crippen molar-refractivity contribution in [3.8, 4) is 0 Å². The second-order valence-corrected chi connectivity index (χ2v) is 7.37. The minimum atomic E-state index is -4.32. The smallest absolute Gasteiger partial charge is 0.269 e. The minimum Gasteiger partial charge on any atom is -0.363 e. The molecule has 0 unspecified atom stereocenters. The number of aliphatic hydroxyl groups is 2. The van der Waals surface area contributed by atoms with Crippen LogP contribution >= 0.6 is 0 Å². The Hall–Kier alpha value is -2.36. The van der Waals surface area contributed by atoms with Gasteiger partial charge in [0.15, 0.2) is 23.6 Å². The first-order valence-corrected chi connectivity index (χ1v) is 8.64. The van der Waals surface area contributed by atoms with E-state index < -0.39 is 44.7 Å². The topological polar surface area (TPSA) is 92.4 Å². The Morgan fingerprint density at radius 3 is 2.24 bits per heavy atom. The Kier molecular flexibility index (Phi) is 4.10. The van der Waals surface area contributed by atoms with Gasteiger partial charge in [0, 0.05) is 0 Å². The molecule has 0 saturated heterocycles. The Bertz CT molecular complexity index is 1070. The van der Waals surface area contributed by atoms with Crippen LogP contribution in [0.1, 0.15) is 23.2 Å². The van der Waals surface area contributed by atoms with E-state index >= 15 is 0 Å². The van der Waals surface area contributed by atoms with E-state index in [2.05, 4.69) is 4.98 Å². The largest absolute Gasteiger partial charge is 0.363 e. The Balaban J connectivity index is 2.42. The number of aryl methyl sites for hydroxylation is 2. The Labute approximate surface area is 142 Å². The first-order valence-electron chi connectivity index (χ1n) is 7.20. The summed E-state index contributed by atoms with van der Waals surface area (Å²) >= 11 is 0. The number of hydrogen-bond acceptors (Lipinski definition) is 5. The molecular weight excluding hydrogens is 354 g/mol. The highest BCUT2D eigenvalue weighted by molar-refractivity contribution is 7.90. The van der Waals surface area contributed by atoms with E-state index in [1.165, 1.54) is 19.1 Å². The van der Waals surface area contributed by atoms with Gasteiger partial charge >= 0.3 is 0 Å². The van der Waals surface area contributed by atoms with Crippen LogP contribution in [0.5, 0.6) is 0 Å². The standard InChI is InChI=1S/C16H14F2N2O4S/c1-8-3-5-10(6-4-8)25(23,24)20-12(16(21)22)7-11-14(18)13(17)9(2)19-15(11)20/h3-7,16,21-22H,1-2H3. The number of pyridine rings is 1. The normalized spacial score (nSPS) is 12.3. The predicted octanol–water partition coefficient (Wildman–Crippen LogP) is 2.15. The molecule has 0 aliphatic carbocycles. The third-order valence-corrected chi connectivity index (χ3v) is 5.54. The maximum absolute atomic E-state index is 14.2. The highest BCUT2D eigenvalue weighted by Gasteiger charge is 2.29. The van der Waals surface area contributed by atoms with Gasteiger partial charge < -0.3 is 10.2 Å². The van der Waals surface area contributed by atoms with Crippen LogP contribution in [0.3, 0.4) is 0 Å². The molecule has 3 aromatic rings. The summed E-state index contributed by atoms with van der Waals surface area (Å²) in [5.41, 5.74) is -0.477. The molecule has 25 heavy (non-hydrogen) atoms. The number of aromatic nitrogens is 2. The number of fused-ring (bicyclic) bond motifs is 1. The second kappa shape index (κ2) is 5.87. The number of halogens is 2. The second-order valence-electron chi connectivity index (χ2n) is 5.59. The molecule has 0 aliphatic heterocycles. The van der Waals surface area contributed by atoms with Crippen molar-refractivity contribution in [3.05, 3.63) is 58.9 Å². The maximum Gasteiger partial charge on any atom is 0.269 e. The summed E-state index contributed by atoms with van der Waals surface area (Å²) < 4.78 is 54.3. The first kappa shape index (κ1) is 17.5. The highest BCUT2D eigenvalue weighted by Crippen LogP contribution is 2.30. The van der Waals surface area contributed by atoms with E-state index in [9.17, 15) is 27.4 Å². The Morgan fingerprint density at radius 2 is 1.68 bits per heavy atom. The summed E-state index contributed by atoms with van der Waals surface area (Å²) in [5, 5.41) is 18.6. The van der Waals surface area contributed by atoms with Gasteiger partial charge in [0.05, 0.1) is 21.7 Å². The number of benzene rings is 1. The lowest BCUT2D eigenvalue weighted by molar-refractivity contribution is -0.0461. The molecule has 9 heteroatoms. The SMILES string of the molecule is Cc1ccc(S(=O)(=O)n2c(C(O)O)cc3c(F)c(F)c(C)nc32)cc1. The summed E-state index contributed by atoms with van der Waals surface area (Å²) in [7, 11) is -4.32. The average Bonchev–Trinajstić information content (AvgIpc) is 2.93. The van der Waals surface area contributed by atoms with Gasteiger partial charge in [0.2, 0.25) is 0 Å². The van der Waals surface area contributed by atoms with E-state index in [1.807, 2.05) is 0 Å². The van der Waals surface area contributed by atoms with Crippen LogP contribution in [0, 0.1) is 25.5 Å². The fourth-order valence-electron chi connectivity index (χ4n) is 2.50. The quantitative estimate of drug-likeness (QED) is 0.691. The molecule has 2 N–H and O–H groups in total. The summed E-state index contributed by atoms with van der Waals surface area (Å²) in [6, 6.07) is 6.64. The lowest BCUT2D eigenvalue weighted by atomic mass is 10.2. The molecule has 0 aliphatic rings. The molecule has 6 nitrogen and oxygen atoms in total. The van der Waals surface area contributed by atoms with Gasteiger partial charge in [0.25, 0.3) is 10.0 Å². The number of aliphatic hydroxyl groups excluding tert-OH is 1. The minimum absolute atomic E-state index is 0.151. The van der Waals surface area contributed by atoms with Crippen LogP contribution < -0.4 is 0 Å². The van der Waals surface area contributed by atoms with Crippen molar-refractivity contribution in [1.29, 1.82) is 0 Å². The summed E-state index contributed by atoms with van der Waals surface area (Å²) in [6.07, 6.45) is -2.22. The molecule has 0 radical (unpaired) electrons. The Morgan fingerprint density at radius 1 is 1.08 bits per heavy atom. The van der Waals surface area contributed by atoms with E-state index in [0.717, 1.165) is 11.6 Å². The van der Waals surface area contributed by atoms with Crippen LogP contribution in [0.15, 0.2) is 35.2 Å². The number of nitrogens with zero attached hydrogens (tertiary/aromatic N) is 2. The molecule has 1 aromatic carbocycles. The maximum atomic E-state index is 14.2. The summed E-state index contributed by atoms with van der Waals surface area (Å²) in [4.78, 5) is 3.64. The van der Waals surface area contributed by atoms with Crippen LogP contribution in [-0.2, 0) is 10.0 Å². The zero-order valence-electron chi connectivity index (χ0n) is 13.2. The van der Waals surface area contributed by atoms with Crippen LogP contribution in [0.25, 0.3) is 11.0 Å². The van der Waals surface area contributed by atoms with Crippen molar-refractivity contribution in [2.75, 3.05) is 0 Å². The van der Waals surface area contributed by atoms with Crippen LogP contribution in [-0.4, -0.2) is 27.6 Å². The summed E-state index contributed by atoms with van der Waals surface area (Å²) in [6.45, 7) is 2.95. The monoisotopic (exact) mass is 368 g/mol. The third kappa shape index (κ3) is 2.70. The molecule has 2 aromatic heterocycles. The zero-order chi connectivity index (χ0) is 18.5. The average molecular weight is 368 g/mol. The predicted molar refractivity (Wildman–Crippen MR) is 85.3 cm³/mol. The lowest BCUT2D eigenvalue weighted by Gasteiger charge is -2.13. The van der Waals surface area contributed by atoms with Crippen molar-refractivity contribution in [2.45, 2.75) is 25.0 Å². The molecule has 0 atom stereocenters. The van der Waals surface area contributed by atoms with Crippen molar-refractivity contribution in [2.24, 2.45) is 0 Å². The third-order valence-electron chi connectivity index (χ3n) is 3.80. The van der Waals surface area contributed by atoms with Crippen LogP contribution in [0.4, 0.5) is 8.78 Å². The molecule has 0 amide bonds. The fraction of sp³-hybridized carbons (Fsp3) is 0.188. The van der Waals surface area contributed by atoms with Crippen molar-refractivity contribution < 1.29 is 27.4 Å². The van der Waals surface area contributed by atoms with Crippen LogP contribution in [0.2, 0.25) is 0 Å². The molecular formula is C16H14F2N2O4S. The van der Waals surface area contributed by atoms with E-state index in [4.69, 9.17) is 0 Å². The number of rotatable bonds is 3. The molecule has 132 valence electrons. The van der Waals surface area contributed by atoms with Gasteiger partial charge in [0.1, 0.15) is 0 Å². The molecule has 2 heterocycles. The zero-order valence-corrected chi connectivity index (χ0v) is 14.1. The van der Waals surface area contributed by atoms with Gasteiger partial charge in [-0.05, 0) is 32.0 Å². The van der Waals surface area contributed by atoms with Gasteiger partial charge in [-0.15, -0.1) is 0 Å². The van der Waals surface area contributed by atoms with Crippen molar-refractivity contribution in [1.82, 2.24) is 8.96 Å². The van der Waals surface area contributed by atoms with Gasteiger partial charge in [-0.2, -0.15) is 0 Å². The lowest BCUT2D eigenvalue weighted by Crippen LogP contribution is -2.18. The first-order chi connectivity index (χ1) is 11.6.